The lowest BCUT2D eigenvalue weighted by Gasteiger charge is -2.24. The fourth-order valence-electron chi connectivity index (χ4n) is 5.09. The molecule has 0 aliphatic heterocycles. The van der Waals surface area contributed by atoms with Crippen molar-refractivity contribution in [3.63, 3.8) is 0 Å². The number of unbranched alkanes of at least 4 members (excludes halogenated alkanes) is 16. The quantitative estimate of drug-likeness (QED) is 0.0564. The molecule has 0 rings (SSSR count). The summed E-state index contributed by atoms with van der Waals surface area (Å²) in [6.07, 6.45) is 34.0. The molecule has 0 fully saturated rings. The Morgan fingerprint density at radius 2 is 0.921 bits per heavy atom. The second-order valence-electron chi connectivity index (χ2n) is 12.3. The molecular formula is C36H70O2. The fourth-order valence-corrected chi connectivity index (χ4v) is 5.09. The van der Waals surface area contributed by atoms with Crippen molar-refractivity contribution in [1.29, 1.82) is 0 Å². The van der Waals surface area contributed by atoms with Crippen molar-refractivity contribution in [2.24, 2.45) is 0 Å². The van der Waals surface area contributed by atoms with E-state index in [9.17, 15) is 0 Å². The lowest BCUT2D eigenvalue weighted by atomic mass is 10.1. The Hall–Kier alpha value is -0.600. The zero-order chi connectivity index (χ0) is 28.3. The van der Waals surface area contributed by atoms with Gasteiger partial charge in [-0.1, -0.05) is 147 Å². The Kier molecular flexibility index (Phi) is 27.5. The van der Waals surface area contributed by atoms with Gasteiger partial charge in [-0.05, 0) is 66.4 Å². The zero-order valence-electron chi connectivity index (χ0n) is 27.3. The lowest BCUT2D eigenvalue weighted by Crippen LogP contribution is -2.25. The standard InChI is InChI=1S/C36H70O2/c1-8-10-12-14-16-18-20-22-24-29-34(6)37-36(31-33(5)28-26-27-32(3)4)38-35(7)30-25-23-21-19-17-15-13-11-9-2/h27,31,34-36H,8-26,28-30H2,1-7H3. The fraction of sp³-hybridized carbons (Fsp3) is 0.889. The van der Waals surface area contributed by atoms with Gasteiger partial charge in [0, 0.05) is 0 Å². The molecule has 0 aromatic heterocycles. The van der Waals surface area contributed by atoms with E-state index in [2.05, 4.69) is 60.6 Å². The van der Waals surface area contributed by atoms with Crippen molar-refractivity contribution in [2.75, 3.05) is 0 Å². The van der Waals surface area contributed by atoms with E-state index in [1.54, 1.807) is 0 Å². The first-order valence-corrected chi connectivity index (χ1v) is 17.0. The van der Waals surface area contributed by atoms with Gasteiger partial charge in [0.2, 0.25) is 0 Å². The summed E-state index contributed by atoms with van der Waals surface area (Å²) in [6, 6.07) is 0. The predicted octanol–water partition coefficient (Wildman–Crippen LogP) is 12.7. The summed E-state index contributed by atoms with van der Waals surface area (Å²) in [5.74, 6) is 0. The molecular weight excluding hydrogens is 464 g/mol. The van der Waals surface area contributed by atoms with Crippen LogP contribution in [0.3, 0.4) is 0 Å². The normalized spacial score (nSPS) is 14.4. The van der Waals surface area contributed by atoms with Gasteiger partial charge in [-0.3, -0.25) is 0 Å². The van der Waals surface area contributed by atoms with Gasteiger partial charge in [-0.15, -0.1) is 0 Å². The summed E-state index contributed by atoms with van der Waals surface area (Å²) in [5.41, 5.74) is 2.77. The van der Waals surface area contributed by atoms with Crippen molar-refractivity contribution in [2.45, 2.75) is 208 Å². The molecule has 2 nitrogen and oxygen atoms in total. The van der Waals surface area contributed by atoms with Crippen LogP contribution in [0.1, 0.15) is 190 Å². The second-order valence-corrected chi connectivity index (χ2v) is 12.3. The molecule has 0 saturated heterocycles. The smallest absolute Gasteiger partial charge is 0.177 e. The Morgan fingerprint density at radius 3 is 1.29 bits per heavy atom. The van der Waals surface area contributed by atoms with Crippen LogP contribution in [-0.2, 0) is 9.47 Å². The van der Waals surface area contributed by atoms with E-state index >= 15 is 0 Å². The summed E-state index contributed by atoms with van der Waals surface area (Å²) in [6.45, 7) is 15.6. The maximum absolute atomic E-state index is 6.47. The molecule has 0 aromatic carbocycles. The largest absolute Gasteiger partial charge is 0.346 e. The van der Waals surface area contributed by atoms with Gasteiger partial charge in [0.1, 0.15) is 0 Å². The van der Waals surface area contributed by atoms with Gasteiger partial charge in [0.15, 0.2) is 6.29 Å². The molecule has 226 valence electrons. The summed E-state index contributed by atoms with van der Waals surface area (Å²) in [4.78, 5) is 0. The van der Waals surface area contributed by atoms with Crippen LogP contribution in [0.15, 0.2) is 23.3 Å². The van der Waals surface area contributed by atoms with Gasteiger partial charge in [-0.25, -0.2) is 0 Å². The maximum Gasteiger partial charge on any atom is 0.177 e. The van der Waals surface area contributed by atoms with Crippen LogP contribution >= 0.6 is 0 Å². The van der Waals surface area contributed by atoms with Gasteiger partial charge < -0.3 is 9.47 Å². The summed E-state index contributed by atoms with van der Waals surface area (Å²) in [5, 5.41) is 0. The molecule has 0 N–H and O–H groups in total. The summed E-state index contributed by atoms with van der Waals surface area (Å²) < 4.78 is 12.9. The highest BCUT2D eigenvalue weighted by molar-refractivity contribution is 5.03. The Morgan fingerprint density at radius 1 is 0.553 bits per heavy atom. The third-order valence-electron chi connectivity index (χ3n) is 7.67. The number of allylic oxidation sites excluding steroid dienone is 3. The van der Waals surface area contributed by atoms with Crippen LogP contribution in [-0.4, -0.2) is 18.5 Å². The van der Waals surface area contributed by atoms with E-state index in [0.717, 1.165) is 25.7 Å². The minimum Gasteiger partial charge on any atom is -0.346 e. The van der Waals surface area contributed by atoms with Crippen molar-refractivity contribution < 1.29 is 9.47 Å². The third kappa shape index (κ3) is 27.0. The molecule has 0 aromatic rings. The topological polar surface area (TPSA) is 18.5 Å². The van der Waals surface area contributed by atoms with Crippen molar-refractivity contribution in [3.8, 4) is 0 Å². The molecule has 0 heterocycles. The number of rotatable bonds is 28. The minimum absolute atomic E-state index is 0.219. The van der Waals surface area contributed by atoms with Gasteiger partial charge in [0.05, 0.1) is 12.2 Å². The minimum atomic E-state index is -0.219. The van der Waals surface area contributed by atoms with E-state index in [-0.39, 0.29) is 18.5 Å². The molecule has 0 spiro atoms. The van der Waals surface area contributed by atoms with Crippen LogP contribution in [0.2, 0.25) is 0 Å². The van der Waals surface area contributed by atoms with Crippen LogP contribution in [0.5, 0.6) is 0 Å². The molecule has 0 amide bonds. The van der Waals surface area contributed by atoms with E-state index in [1.165, 1.54) is 127 Å². The van der Waals surface area contributed by atoms with Crippen molar-refractivity contribution >= 4 is 0 Å². The average molecular weight is 535 g/mol. The highest BCUT2D eigenvalue weighted by Crippen LogP contribution is 2.19. The third-order valence-corrected chi connectivity index (χ3v) is 7.67. The average Bonchev–Trinajstić information content (AvgIpc) is 2.86. The van der Waals surface area contributed by atoms with Crippen molar-refractivity contribution in [1.82, 2.24) is 0 Å². The van der Waals surface area contributed by atoms with Gasteiger partial charge in [0.25, 0.3) is 0 Å². The first kappa shape index (κ1) is 37.4. The molecule has 0 radical (unpaired) electrons. The Bertz CT molecular complexity index is 516. The Labute approximate surface area is 240 Å². The van der Waals surface area contributed by atoms with Gasteiger partial charge in [-0.2, -0.15) is 0 Å². The van der Waals surface area contributed by atoms with Crippen LogP contribution in [0.4, 0.5) is 0 Å². The predicted molar refractivity (Wildman–Crippen MR) is 171 cm³/mol. The van der Waals surface area contributed by atoms with Gasteiger partial charge >= 0.3 is 0 Å². The Balaban J connectivity index is 4.41. The van der Waals surface area contributed by atoms with Crippen molar-refractivity contribution in [3.05, 3.63) is 23.3 Å². The highest BCUT2D eigenvalue weighted by Gasteiger charge is 2.15. The van der Waals surface area contributed by atoms with Crippen LogP contribution in [0.25, 0.3) is 0 Å². The lowest BCUT2D eigenvalue weighted by molar-refractivity contribution is -0.163. The summed E-state index contributed by atoms with van der Waals surface area (Å²) in [7, 11) is 0. The number of ether oxygens (including phenoxy) is 2. The summed E-state index contributed by atoms with van der Waals surface area (Å²) >= 11 is 0. The highest BCUT2D eigenvalue weighted by atomic mass is 16.7. The van der Waals surface area contributed by atoms with Crippen LogP contribution < -0.4 is 0 Å². The molecule has 2 unspecified atom stereocenters. The number of hydrogen-bond acceptors (Lipinski definition) is 2. The molecule has 0 bridgehead atoms. The van der Waals surface area contributed by atoms with E-state index in [4.69, 9.17) is 9.47 Å². The first-order chi connectivity index (χ1) is 18.4. The zero-order valence-corrected chi connectivity index (χ0v) is 27.3. The monoisotopic (exact) mass is 535 g/mol. The molecule has 2 heteroatoms. The van der Waals surface area contributed by atoms with E-state index in [1.807, 2.05) is 0 Å². The molecule has 0 saturated carbocycles. The number of hydrogen-bond donors (Lipinski definition) is 0. The molecule has 0 aliphatic rings. The maximum atomic E-state index is 6.47. The van der Waals surface area contributed by atoms with E-state index in [0.29, 0.717) is 0 Å². The van der Waals surface area contributed by atoms with E-state index < -0.39 is 0 Å². The second kappa shape index (κ2) is 27.9. The molecule has 0 aliphatic carbocycles. The SMILES string of the molecule is CCCCCCCCCCCC(C)OC(C=C(C)CCC=C(C)C)OC(C)CCCCCCCCCCC. The molecule has 2 atom stereocenters. The van der Waals surface area contributed by atoms with Crippen LogP contribution in [0, 0.1) is 0 Å². The first-order valence-electron chi connectivity index (χ1n) is 17.0. The molecule has 38 heavy (non-hydrogen) atoms.